The summed E-state index contributed by atoms with van der Waals surface area (Å²) < 4.78 is 1.14. The molecule has 0 radical (unpaired) electrons. The zero-order chi connectivity index (χ0) is 12.4. The molecule has 2 N–H and O–H groups in total. The van der Waals surface area contributed by atoms with Crippen LogP contribution in [0.25, 0.3) is 0 Å². The van der Waals surface area contributed by atoms with Crippen LogP contribution in [0.5, 0.6) is 0 Å². The second kappa shape index (κ2) is 5.34. The average molecular weight is 310 g/mol. The Hall–Kier alpha value is -0.640. The molecule has 1 unspecified atom stereocenters. The first-order valence-electron chi connectivity index (χ1n) is 5.72. The minimum atomic E-state index is -0.0246. The van der Waals surface area contributed by atoms with Crippen LogP contribution in [-0.2, 0) is 6.42 Å². The first-order chi connectivity index (χ1) is 8.11. The standard InChI is InChI=1S/C14H16BrNS/c1-3-10-4-6-11(7-5-10)14(16)12-8-13(15)17-9(12)2/h4-8,14H,3,16H2,1-2H3. The second-order valence-electron chi connectivity index (χ2n) is 4.13. The third kappa shape index (κ3) is 2.79. The van der Waals surface area contributed by atoms with E-state index >= 15 is 0 Å². The van der Waals surface area contributed by atoms with Crippen molar-refractivity contribution in [3.8, 4) is 0 Å². The predicted molar refractivity (Wildman–Crippen MR) is 78.6 cm³/mol. The number of rotatable bonds is 3. The average Bonchev–Trinajstić information content (AvgIpc) is 2.68. The fraction of sp³-hybridized carbons (Fsp3) is 0.286. The van der Waals surface area contributed by atoms with Gasteiger partial charge in [0.25, 0.3) is 0 Å². The van der Waals surface area contributed by atoms with E-state index < -0.39 is 0 Å². The molecule has 1 aromatic heterocycles. The van der Waals surface area contributed by atoms with Crippen molar-refractivity contribution in [1.29, 1.82) is 0 Å². The Labute approximate surface area is 115 Å². The van der Waals surface area contributed by atoms with E-state index in [0.717, 1.165) is 10.2 Å². The number of halogens is 1. The number of nitrogens with two attached hydrogens (primary N) is 1. The Bertz CT molecular complexity index is 501. The Morgan fingerprint density at radius 3 is 2.41 bits per heavy atom. The summed E-state index contributed by atoms with van der Waals surface area (Å²) in [7, 11) is 0. The van der Waals surface area contributed by atoms with Crippen LogP contribution < -0.4 is 5.73 Å². The van der Waals surface area contributed by atoms with Crippen molar-refractivity contribution in [3.63, 3.8) is 0 Å². The van der Waals surface area contributed by atoms with Gasteiger partial charge in [-0.15, -0.1) is 11.3 Å². The van der Waals surface area contributed by atoms with E-state index in [0.29, 0.717) is 0 Å². The molecule has 2 aromatic rings. The van der Waals surface area contributed by atoms with Crippen LogP contribution in [0.4, 0.5) is 0 Å². The lowest BCUT2D eigenvalue weighted by molar-refractivity contribution is 0.867. The molecule has 0 saturated heterocycles. The molecule has 2 rings (SSSR count). The number of benzene rings is 1. The number of thiophene rings is 1. The fourth-order valence-corrected chi connectivity index (χ4v) is 3.66. The molecule has 1 atom stereocenters. The van der Waals surface area contributed by atoms with Crippen LogP contribution >= 0.6 is 27.3 Å². The Balaban J connectivity index is 2.30. The smallest absolute Gasteiger partial charge is 0.0704 e. The second-order valence-corrected chi connectivity index (χ2v) is 6.77. The Morgan fingerprint density at radius 2 is 1.94 bits per heavy atom. The quantitative estimate of drug-likeness (QED) is 0.891. The van der Waals surface area contributed by atoms with E-state index in [-0.39, 0.29) is 6.04 Å². The minimum Gasteiger partial charge on any atom is -0.320 e. The number of aryl methyl sites for hydroxylation is 2. The SMILES string of the molecule is CCc1ccc(C(N)c2cc(Br)sc2C)cc1. The van der Waals surface area contributed by atoms with Gasteiger partial charge in [-0.25, -0.2) is 0 Å². The molecule has 17 heavy (non-hydrogen) atoms. The summed E-state index contributed by atoms with van der Waals surface area (Å²) >= 11 is 5.25. The summed E-state index contributed by atoms with van der Waals surface area (Å²) in [5.41, 5.74) is 10.0. The van der Waals surface area contributed by atoms with Gasteiger partial charge in [0.2, 0.25) is 0 Å². The molecule has 1 nitrogen and oxygen atoms in total. The van der Waals surface area contributed by atoms with Crippen molar-refractivity contribution in [2.75, 3.05) is 0 Å². The van der Waals surface area contributed by atoms with Crippen LogP contribution in [0.15, 0.2) is 34.1 Å². The van der Waals surface area contributed by atoms with Gasteiger partial charge in [0.05, 0.1) is 9.83 Å². The van der Waals surface area contributed by atoms with Crippen molar-refractivity contribution in [2.24, 2.45) is 5.73 Å². The van der Waals surface area contributed by atoms with Gasteiger partial charge in [0, 0.05) is 4.88 Å². The highest BCUT2D eigenvalue weighted by Gasteiger charge is 2.13. The van der Waals surface area contributed by atoms with Gasteiger partial charge in [0.15, 0.2) is 0 Å². The van der Waals surface area contributed by atoms with Crippen LogP contribution in [0.3, 0.4) is 0 Å². The monoisotopic (exact) mass is 309 g/mol. The summed E-state index contributed by atoms with van der Waals surface area (Å²) in [5.74, 6) is 0. The van der Waals surface area contributed by atoms with Crippen LogP contribution in [0.1, 0.15) is 34.5 Å². The first kappa shape index (κ1) is 12.8. The molecule has 3 heteroatoms. The molecule has 0 spiro atoms. The zero-order valence-electron chi connectivity index (χ0n) is 10.0. The van der Waals surface area contributed by atoms with Crippen LogP contribution in [-0.4, -0.2) is 0 Å². The van der Waals surface area contributed by atoms with Gasteiger partial charge in [-0.2, -0.15) is 0 Å². The summed E-state index contributed by atoms with van der Waals surface area (Å²) in [4.78, 5) is 1.28. The molecule has 0 amide bonds. The topological polar surface area (TPSA) is 26.0 Å². The highest BCUT2D eigenvalue weighted by molar-refractivity contribution is 9.11. The lowest BCUT2D eigenvalue weighted by atomic mass is 9.99. The maximum Gasteiger partial charge on any atom is 0.0704 e. The van der Waals surface area contributed by atoms with Crippen molar-refractivity contribution in [1.82, 2.24) is 0 Å². The number of hydrogen-bond acceptors (Lipinski definition) is 2. The summed E-state index contributed by atoms with van der Waals surface area (Å²) in [6, 6.07) is 10.7. The third-order valence-corrected chi connectivity index (χ3v) is 4.58. The molecule has 0 aliphatic carbocycles. The van der Waals surface area contributed by atoms with E-state index in [1.807, 2.05) is 0 Å². The normalized spacial score (nSPS) is 12.7. The number of hydrogen-bond donors (Lipinski definition) is 1. The minimum absolute atomic E-state index is 0.0246. The van der Waals surface area contributed by atoms with Crippen molar-refractivity contribution in [2.45, 2.75) is 26.3 Å². The largest absolute Gasteiger partial charge is 0.320 e. The van der Waals surface area contributed by atoms with Crippen LogP contribution in [0, 0.1) is 6.92 Å². The summed E-state index contributed by atoms with van der Waals surface area (Å²) in [6.45, 7) is 4.28. The van der Waals surface area contributed by atoms with Gasteiger partial charge < -0.3 is 5.73 Å². The van der Waals surface area contributed by atoms with E-state index in [9.17, 15) is 0 Å². The zero-order valence-corrected chi connectivity index (χ0v) is 12.4. The Morgan fingerprint density at radius 1 is 1.29 bits per heavy atom. The van der Waals surface area contributed by atoms with E-state index in [4.69, 9.17) is 5.73 Å². The van der Waals surface area contributed by atoms with Crippen molar-refractivity contribution < 1.29 is 0 Å². The molecule has 0 bridgehead atoms. The predicted octanol–water partition coefficient (Wildman–Crippen LogP) is 4.43. The summed E-state index contributed by atoms with van der Waals surface area (Å²) in [6.07, 6.45) is 1.07. The van der Waals surface area contributed by atoms with Gasteiger partial charge in [-0.3, -0.25) is 0 Å². The van der Waals surface area contributed by atoms with Gasteiger partial charge >= 0.3 is 0 Å². The van der Waals surface area contributed by atoms with E-state index in [1.54, 1.807) is 11.3 Å². The third-order valence-electron chi connectivity index (χ3n) is 3.01. The molecule has 0 aliphatic heterocycles. The van der Waals surface area contributed by atoms with Crippen LogP contribution in [0.2, 0.25) is 0 Å². The molecule has 90 valence electrons. The van der Waals surface area contributed by atoms with Gasteiger partial charge in [0.1, 0.15) is 0 Å². The summed E-state index contributed by atoms with van der Waals surface area (Å²) in [5, 5.41) is 0. The molecule has 0 fully saturated rings. The first-order valence-corrected chi connectivity index (χ1v) is 7.33. The maximum atomic E-state index is 6.31. The molecule has 1 aromatic carbocycles. The lowest BCUT2D eigenvalue weighted by Gasteiger charge is -2.12. The Kier molecular flexibility index (Phi) is 4.02. The molecular weight excluding hydrogens is 294 g/mol. The fourth-order valence-electron chi connectivity index (χ4n) is 1.91. The van der Waals surface area contributed by atoms with E-state index in [1.165, 1.54) is 21.6 Å². The molecule has 0 saturated carbocycles. The van der Waals surface area contributed by atoms with Crippen molar-refractivity contribution >= 4 is 27.3 Å². The highest BCUT2D eigenvalue weighted by atomic mass is 79.9. The molecule has 0 aliphatic rings. The van der Waals surface area contributed by atoms with Gasteiger partial charge in [-0.1, -0.05) is 31.2 Å². The maximum absolute atomic E-state index is 6.31. The molecule has 1 heterocycles. The van der Waals surface area contributed by atoms with E-state index in [2.05, 4.69) is 60.1 Å². The molecular formula is C14H16BrNS. The highest BCUT2D eigenvalue weighted by Crippen LogP contribution is 2.32. The van der Waals surface area contributed by atoms with Gasteiger partial charge in [-0.05, 0) is 52.0 Å². The van der Waals surface area contributed by atoms with Crippen molar-refractivity contribution in [3.05, 3.63) is 55.7 Å². The lowest BCUT2D eigenvalue weighted by Crippen LogP contribution is -2.11.